The van der Waals surface area contributed by atoms with E-state index in [0.29, 0.717) is 46.5 Å². The Labute approximate surface area is 384 Å². The first kappa shape index (κ1) is 53.6. The number of hydrogen-bond acceptors (Lipinski definition) is 8. The minimum atomic E-state index is 0. The van der Waals surface area contributed by atoms with Crippen molar-refractivity contribution in [2.45, 2.75) is 0 Å². The van der Waals surface area contributed by atoms with Gasteiger partial charge < -0.3 is 83.3 Å². The van der Waals surface area contributed by atoms with Crippen molar-refractivity contribution in [2.24, 2.45) is 0 Å². The zero-order chi connectivity index (χ0) is 41.1. The van der Waals surface area contributed by atoms with Gasteiger partial charge in [-0.2, -0.15) is 0 Å². The Bertz CT molecular complexity index is 1800. The minimum Gasteiger partial charge on any atom is -0.373 e. The van der Waals surface area contributed by atoms with Crippen LogP contribution in [-0.4, -0.2) is 39.9 Å². The first-order valence-corrected chi connectivity index (χ1v) is 16.8. The van der Waals surface area contributed by atoms with Crippen molar-refractivity contribution in [3.05, 3.63) is 248 Å². The zero-order valence-corrected chi connectivity index (χ0v) is 35.4. The van der Waals surface area contributed by atoms with E-state index in [1.54, 1.807) is 49.6 Å². The SMILES string of the molecule is [Cr+2].[Cr+2].[Mn+2].[N-]=[N+]=[N-].[N-]=[N+]=[N-].c1ccc([N-]c2ccccn2)nc1.c1ccc([N-]c2ccccn2)nc1.c1ccc([N-]c2ccccn2)nc1.c1ccc([N-]c2ccccn2)nc1. The van der Waals surface area contributed by atoms with Gasteiger partial charge >= 0.3 is 51.8 Å². The molecule has 0 aliphatic rings. The van der Waals surface area contributed by atoms with Gasteiger partial charge in [-0.3, -0.25) is 9.82 Å². The summed E-state index contributed by atoms with van der Waals surface area (Å²) in [6.45, 7) is 0. The second-order valence-electron chi connectivity index (χ2n) is 10.1. The molecule has 301 valence electrons. The molecule has 61 heavy (non-hydrogen) atoms. The summed E-state index contributed by atoms with van der Waals surface area (Å²) in [4.78, 5) is 35.5. The van der Waals surface area contributed by atoms with Crippen molar-refractivity contribution in [2.75, 3.05) is 0 Å². The summed E-state index contributed by atoms with van der Waals surface area (Å²) in [6, 6.07) is 44.8. The Morgan fingerprint density at radius 2 is 0.377 bits per heavy atom. The number of aromatic nitrogens is 8. The fraction of sp³-hybridized carbons (Fsp3) is 0. The second kappa shape index (κ2) is 35.7. The summed E-state index contributed by atoms with van der Waals surface area (Å²) >= 11 is 0. The zero-order valence-electron chi connectivity index (χ0n) is 31.7. The Morgan fingerprint density at radius 1 is 0.262 bits per heavy atom. The molecule has 8 aromatic rings. The van der Waals surface area contributed by atoms with Crippen LogP contribution in [0.2, 0.25) is 0 Å². The maximum atomic E-state index is 6.75. The molecule has 8 heterocycles. The fourth-order valence-electron chi connectivity index (χ4n) is 3.83. The Morgan fingerprint density at radius 3 is 0.459 bits per heavy atom. The van der Waals surface area contributed by atoms with E-state index in [0.717, 1.165) is 0 Å². The summed E-state index contributed by atoms with van der Waals surface area (Å²) < 4.78 is 0. The third-order valence-electron chi connectivity index (χ3n) is 6.11. The summed E-state index contributed by atoms with van der Waals surface area (Å²) in [5, 5.41) is 16.9. The van der Waals surface area contributed by atoms with E-state index >= 15 is 0 Å². The van der Waals surface area contributed by atoms with Gasteiger partial charge in [0.1, 0.15) is 0 Å². The molecule has 0 amide bonds. The van der Waals surface area contributed by atoms with E-state index in [-0.39, 0.29) is 51.8 Å². The van der Waals surface area contributed by atoms with Crippen LogP contribution in [0.5, 0.6) is 0 Å². The van der Waals surface area contributed by atoms with Crippen LogP contribution in [0, 0.1) is 0 Å². The Hall–Kier alpha value is -7.40. The van der Waals surface area contributed by atoms with Crippen LogP contribution in [0.15, 0.2) is 195 Å². The third-order valence-corrected chi connectivity index (χ3v) is 6.11. The van der Waals surface area contributed by atoms with Crippen LogP contribution in [0.4, 0.5) is 46.5 Å². The van der Waals surface area contributed by atoms with Gasteiger partial charge in [-0.1, -0.05) is 97.1 Å². The first-order valence-electron chi connectivity index (χ1n) is 16.8. The molecule has 0 N–H and O–H groups in total. The quantitative estimate of drug-likeness (QED) is 0.0609. The molecule has 0 atom stereocenters. The summed E-state index contributed by atoms with van der Waals surface area (Å²) in [5.41, 5.74) is 27.0. The summed E-state index contributed by atoms with van der Waals surface area (Å²) in [7, 11) is 0. The number of pyridine rings is 8. The Balaban J connectivity index is 0.000000741. The molecular formula is C40H32Cr2MnN18. The van der Waals surface area contributed by atoms with Gasteiger partial charge in [-0.25, -0.2) is 0 Å². The van der Waals surface area contributed by atoms with Crippen LogP contribution in [0.1, 0.15) is 0 Å². The molecule has 8 aromatic heterocycles. The normalized spacial score (nSPS) is 8.39. The molecule has 0 aliphatic carbocycles. The molecule has 0 unspecified atom stereocenters. The molecule has 0 spiro atoms. The van der Waals surface area contributed by atoms with Crippen molar-refractivity contribution in [3.63, 3.8) is 0 Å². The number of hydrogen-bond donors (Lipinski definition) is 0. The van der Waals surface area contributed by atoms with E-state index in [9.17, 15) is 0 Å². The smallest absolute Gasteiger partial charge is 0.373 e. The largest absolute Gasteiger partial charge is 2.00 e. The van der Waals surface area contributed by atoms with Crippen molar-refractivity contribution in [1.29, 1.82) is 0 Å². The van der Waals surface area contributed by atoms with Crippen molar-refractivity contribution in [1.82, 2.24) is 39.9 Å². The maximum Gasteiger partial charge on any atom is 2.00 e. The predicted molar refractivity (Wildman–Crippen MR) is 225 cm³/mol. The van der Waals surface area contributed by atoms with Gasteiger partial charge in [-0.15, -0.1) is 0 Å². The average molecular weight is 924 g/mol. The molecular weight excluding hydrogens is 891 g/mol. The molecule has 0 saturated carbocycles. The topological polar surface area (TPSA) is 277 Å². The monoisotopic (exact) mass is 923 g/mol. The van der Waals surface area contributed by atoms with Crippen LogP contribution in [0.3, 0.4) is 0 Å². The number of rotatable bonds is 8. The van der Waals surface area contributed by atoms with Gasteiger partial charge in [0.15, 0.2) is 0 Å². The van der Waals surface area contributed by atoms with Gasteiger partial charge in [0.25, 0.3) is 0 Å². The van der Waals surface area contributed by atoms with Crippen LogP contribution >= 0.6 is 0 Å². The average Bonchev–Trinajstić information content (AvgIpc) is 3.28. The standard InChI is InChI=1S/4C10H8N3.2Cr.Mn.2N3/c4*1-3-7-11-9(5-1)13-10-6-2-4-8-12-10;;;;2*1-3-2/h4*1-8H;;;;;/q4*-1;3*+2;2*-1. The van der Waals surface area contributed by atoms with Gasteiger partial charge in [0, 0.05) is 46.5 Å². The maximum absolute atomic E-state index is 6.75. The van der Waals surface area contributed by atoms with Crippen molar-refractivity contribution < 1.29 is 51.8 Å². The van der Waals surface area contributed by atoms with E-state index in [1.807, 2.05) is 146 Å². The molecule has 0 bridgehead atoms. The van der Waals surface area contributed by atoms with Gasteiger partial charge in [-0.05, 0) is 98.1 Å². The molecule has 0 aliphatic heterocycles. The van der Waals surface area contributed by atoms with Crippen LogP contribution in [0.25, 0.3) is 53.2 Å². The van der Waals surface area contributed by atoms with Crippen LogP contribution in [-0.2, 0) is 51.8 Å². The molecule has 0 saturated heterocycles. The fourth-order valence-corrected chi connectivity index (χ4v) is 3.83. The van der Waals surface area contributed by atoms with E-state index < -0.39 is 0 Å². The van der Waals surface area contributed by atoms with Gasteiger partial charge in [0.05, 0.1) is 0 Å². The number of nitrogens with zero attached hydrogens (tertiary/aromatic N) is 18. The van der Waals surface area contributed by atoms with Crippen molar-refractivity contribution >= 4 is 46.5 Å². The summed E-state index contributed by atoms with van der Waals surface area (Å²) in [5.74, 6) is 5.45. The third kappa shape index (κ3) is 25.6. The Kier molecular flexibility index (Phi) is 31.4. The molecule has 0 aromatic carbocycles. The van der Waals surface area contributed by atoms with E-state index in [4.69, 9.17) is 22.1 Å². The molecule has 8 rings (SSSR count). The van der Waals surface area contributed by atoms with E-state index in [2.05, 4.69) is 61.1 Å². The molecule has 0 fully saturated rings. The van der Waals surface area contributed by atoms with Crippen molar-refractivity contribution in [3.8, 4) is 0 Å². The summed E-state index contributed by atoms with van der Waals surface area (Å²) in [6.07, 6.45) is 13.7. The predicted octanol–water partition coefficient (Wildman–Crippen LogP) is 13.0. The molecule has 1 radical (unpaired) electrons. The minimum absolute atomic E-state index is 0. The van der Waals surface area contributed by atoms with E-state index in [1.165, 1.54) is 9.82 Å². The molecule has 21 heteroatoms. The molecule has 18 nitrogen and oxygen atoms in total. The van der Waals surface area contributed by atoms with Gasteiger partial charge in [0.2, 0.25) is 0 Å². The first-order chi connectivity index (χ1) is 28.6. The van der Waals surface area contributed by atoms with Crippen LogP contribution < -0.4 is 0 Å². The second-order valence-corrected chi connectivity index (χ2v) is 10.1.